The number of rotatable bonds is 8. The van der Waals surface area contributed by atoms with Crippen LogP contribution in [-0.2, 0) is 4.79 Å². The zero-order valence-corrected chi connectivity index (χ0v) is 17.4. The Balaban J connectivity index is 2.04. The van der Waals surface area contributed by atoms with Crippen LogP contribution in [0.15, 0.2) is 42.5 Å². The Morgan fingerprint density at radius 1 is 1.07 bits per heavy atom. The van der Waals surface area contributed by atoms with Gasteiger partial charge in [0.05, 0.1) is 0 Å². The maximum Gasteiger partial charge on any atom is 0.262 e. The van der Waals surface area contributed by atoms with Gasteiger partial charge < -0.3 is 15.0 Å². The van der Waals surface area contributed by atoms with Crippen LogP contribution in [-0.4, -0.2) is 36.4 Å². The molecular formula is C23H30N2O3. The predicted molar refractivity (Wildman–Crippen MR) is 113 cm³/mol. The molecule has 0 heterocycles. The van der Waals surface area contributed by atoms with Gasteiger partial charge in [-0.2, -0.15) is 0 Å². The SMILES string of the molecule is CCN(CC)C(=O)c1cccc(NC(=O)COc2cc(C)ccc2C(C)C)c1. The highest BCUT2D eigenvalue weighted by molar-refractivity contribution is 5.97. The van der Waals surface area contributed by atoms with E-state index >= 15 is 0 Å². The second-order valence-electron chi connectivity index (χ2n) is 7.09. The first kappa shape index (κ1) is 21.5. The van der Waals surface area contributed by atoms with Gasteiger partial charge >= 0.3 is 0 Å². The van der Waals surface area contributed by atoms with E-state index in [1.54, 1.807) is 29.2 Å². The number of carbonyl (C=O) groups excluding carboxylic acids is 2. The predicted octanol–water partition coefficient (Wildman–Crippen LogP) is 4.62. The number of nitrogens with zero attached hydrogens (tertiary/aromatic N) is 1. The number of anilines is 1. The van der Waals surface area contributed by atoms with Crippen LogP contribution in [0.1, 0.15) is 55.1 Å². The van der Waals surface area contributed by atoms with Gasteiger partial charge in [0.15, 0.2) is 6.61 Å². The highest BCUT2D eigenvalue weighted by Crippen LogP contribution is 2.27. The number of hydrogen-bond donors (Lipinski definition) is 1. The van der Waals surface area contributed by atoms with Crippen molar-refractivity contribution in [2.45, 2.75) is 40.5 Å². The van der Waals surface area contributed by atoms with Gasteiger partial charge in [0.2, 0.25) is 0 Å². The molecule has 0 radical (unpaired) electrons. The topological polar surface area (TPSA) is 58.6 Å². The molecule has 0 spiro atoms. The average molecular weight is 383 g/mol. The summed E-state index contributed by atoms with van der Waals surface area (Å²) in [6, 6.07) is 13.0. The summed E-state index contributed by atoms with van der Waals surface area (Å²) in [7, 11) is 0. The Morgan fingerprint density at radius 2 is 1.79 bits per heavy atom. The quantitative estimate of drug-likeness (QED) is 0.725. The van der Waals surface area contributed by atoms with Gasteiger partial charge in [-0.1, -0.05) is 32.0 Å². The average Bonchev–Trinajstić information content (AvgIpc) is 2.67. The summed E-state index contributed by atoms with van der Waals surface area (Å²) in [4.78, 5) is 26.6. The van der Waals surface area contributed by atoms with Crippen LogP contribution in [0.4, 0.5) is 5.69 Å². The van der Waals surface area contributed by atoms with E-state index in [-0.39, 0.29) is 18.4 Å². The Kier molecular flexibility index (Phi) is 7.61. The van der Waals surface area contributed by atoms with Crippen LogP contribution in [0.25, 0.3) is 0 Å². The molecule has 28 heavy (non-hydrogen) atoms. The summed E-state index contributed by atoms with van der Waals surface area (Å²) >= 11 is 0. The Hall–Kier alpha value is -2.82. The molecular weight excluding hydrogens is 352 g/mol. The fourth-order valence-corrected chi connectivity index (χ4v) is 3.01. The molecule has 5 nitrogen and oxygen atoms in total. The van der Waals surface area contributed by atoms with Crippen LogP contribution in [0.5, 0.6) is 5.75 Å². The first-order valence-electron chi connectivity index (χ1n) is 9.78. The molecule has 0 saturated heterocycles. The molecule has 0 aliphatic rings. The molecule has 5 heteroatoms. The summed E-state index contributed by atoms with van der Waals surface area (Å²) in [6.07, 6.45) is 0. The van der Waals surface area contributed by atoms with Crippen LogP contribution in [0.3, 0.4) is 0 Å². The maximum atomic E-state index is 12.5. The highest BCUT2D eigenvalue weighted by atomic mass is 16.5. The number of benzene rings is 2. The van der Waals surface area contributed by atoms with Gasteiger partial charge in [0, 0.05) is 24.3 Å². The molecule has 0 bridgehead atoms. The Morgan fingerprint density at radius 3 is 2.43 bits per heavy atom. The van der Waals surface area contributed by atoms with E-state index in [0.717, 1.165) is 16.9 Å². The lowest BCUT2D eigenvalue weighted by Crippen LogP contribution is -2.30. The third-order valence-corrected chi connectivity index (χ3v) is 4.59. The van der Waals surface area contributed by atoms with Gasteiger partial charge in [-0.05, 0) is 62.1 Å². The maximum absolute atomic E-state index is 12.5. The largest absolute Gasteiger partial charge is 0.483 e. The smallest absolute Gasteiger partial charge is 0.262 e. The zero-order valence-electron chi connectivity index (χ0n) is 17.4. The van der Waals surface area contributed by atoms with Crippen molar-refractivity contribution in [3.63, 3.8) is 0 Å². The normalized spacial score (nSPS) is 10.6. The molecule has 150 valence electrons. The molecule has 0 unspecified atom stereocenters. The van der Waals surface area contributed by atoms with Crippen molar-refractivity contribution in [2.75, 3.05) is 25.0 Å². The monoisotopic (exact) mass is 382 g/mol. The zero-order chi connectivity index (χ0) is 20.7. The lowest BCUT2D eigenvalue weighted by atomic mass is 10.0. The van der Waals surface area contributed by atoms with Crippen LogP contribution < -0.4 is 10.1 Å². The number of ether oxygens (including phenoxy) is 1. The number of nitrogens with one attached hydrogen (secondary N) is 1. The van der Waals surface area contributed by atoms with E-state index < -0.39 is 0 Å². The van der Waals surface area contributed by atoms with Crippen molar-refractivity contribution < 1.29 is 14.3 Å². The fourth-order valence-electron chi connectivity index (χ4n) is 3.01. The van der Waals surface area contributed by atoms with Gasteiger partial charge in [-0.15, -0.1) is 0 Å². The summed E-state index contributed by atoms with van der Waals surface area (Å²) in [5.74, 6) is 0.736. The second-order valence-corrected chi connectivity index (χ2v) is 7.09. The number of aryl methyl sites for hydroxylation is 1. The van der Waals surface area contributed by atoms with Crippen molar-refractivity contribution in [3.05, 3.63) is 59.2 Å². The first-order valence-corrected chi connectivity index (χ1v) is 9.78. The van der Waals surface area contributed by atoms with Crippen LogP contribution in [0, 0.1) is 6.92 Å². The molecule has 2 rings (SSSR count). The highest BCUT2D eigenvalue weighted by Gasteiger charge is 2.14. The molecule has 0 fully saturated rings. The molecule has 2 aromatic rings. The minimum atomic E-state index is -0.261. The minimum Gasteiger partial charge on any atom is -0.483 e. The Labute approximate surface area is 167 Å². The summed E-state index contributed by atoms with van der Waals surface area (Å²) in [5.41, 5.74) is 3.30. The van der Waals surface area contributed by atoms with E-state index in [2.05, 4.69) is 19.2 Å². The van der Waals surface area contributed by atoms with E-state index in [1.165, 1.54) is 0 Å². The van der Waals surface area contributed by atoms with Crippen molar-refractivity contribution in [2.24, 2.45) is 0 Å². The number of carbonyl (C=O) groups is 2. The van der Waals surface area contributed by atoms with Gasteiger partial charge in [0.25, 0.3) is 11.8 Å². The van der Waals surface area contributed by atoms with Crippen molar-refractivity contribution >= 4 is 17.5 Å². The third-order valence-electron chi connectivity index (χ3n) is 4.59. The molecule has 2 aromatic carbocycles. The molecule has 0 aliphatic heterocycles. The van der Waals surface area contributed by atoms with E-state index in [0.29, 0.717) is 30.3 Å². The summed E-state index contributed by atoms with van der Waals surface area (Å²) < 4.78 is 5.78. The Bertz CT molecular complexity index is 826. The number of hydrogen-bond acceptors (Lipinski definition) is 3. The van der Waals surface area contributed by atoms with Crippen molar-refractivity contribution in [1.29, 1.82) is 0 Å². The lowest BCUT2D eigenvalue weighted by Gasteiger charge is -2.19. The van der Waals surface area contributed by atoms with Crippen molar-refractivity contribution in [1.82, 2.24) is 4.90 Å². The second kappa shape index (κ2) is 9.93. The van der Waals surface area contributed by atoms with E-state index in [9.17, 15) is 9.59 Å². The first-order chi connectivity index (χ1) is 13.3. The van der Waals surface area contributed by atoms with Crippen LogP contribution >= 0.6 is 0 Å². The van der Waals surface area contributed by atoms with Gasteiger partial charge in [-0.25, -0.2) is 0 Å². The minimum absolute atomic E-state index is 0.0429. The van der Waals surface area contributed by atoms with Crippen LogP contribution in [0.2, 0.25) is 0 Å². The molecule has 0 aliphatic carbocycles. The fraction of sp³-hybridized carbons (Fsp3) is 0.391. The van der Waals surface area contributed by atoms with Crippen molar-refractivity contribution in [3.8, 4) is 5.75 Å². The van der Waals surface area contributed by atoms with Gasteiger partial charge in [0.1, 0.15) is 5.75 Å². The van der Waals surface area contributed by atoms with E-state index in [4.69, 9.17) is 4.74 Å². The molecule has 0 atom stereocenters. The van der Waals surface area contributed by atoms with E-state index in [1.807, 2.05) is 39.0 Å². The lowest BCUT2D eigenvalue weighted by molar-refractivity contribution is -0.118. The molecule has 2 amide bonds. The standard InChI is InChI=1S/C23H30N2O3/c1-6-25(7-2)23(27)18-9-8-10-19(14-18)24-22(26)15-28-21-13-17(5)11-12-20(21)16(3)4/h8-14,16H,6-7,15H2,1-5H3,(H,24,26). The number of amides is 2. The summed E-state index contributed by atoms with van der Waals surface area (Å²) in [6.45, 7) is 11.3. The molecule has 1 N–H and O–H groups in total. The molecule has 0 saturated carbocycles. The summed E-state index contributed by atoms with van der Waals surface area (Å²) in [5, 5.41) is 2.81. The van der Waals surface area contributed by atoms with Gasteiger partial charge in [-0.3, -0.25) is 9.59 Å². The molecule has 0 aromatic heterocycles. The third kappa shape index (κ3) is 5.59.